The average Bonchev–Trinajstić information content (AvgIpc) is 3.14. The Labute approximate surface area is 174 Å². The summed E-state index contributed by atoms with van der Waals surface area (Å²) in [7, 11) is 0. The first-order chi connectivity index (χ1) is 14.1. The molecule has 1 aromatic heterocycles. The number of carboxylic acid groups (broad SMARTS) is 1. The number of phenols is 1. The second-order valence-electron chi connectivity index (χ2n) is 7.26. The maximum atomic E-state index is 11.2. The second-order valence-corrected chi connectivity index (χ2v) is 8.37. The summed E-state index contributed by atoms with van der Waals surface area (Å²) in [5.74, 6) is 1.31. The number of nitrogens with one attached hydrogen (secondary N) is 1. The molecule has 0 unspecified atom stereocenters. The van der Waals surface area contributed by atoms with Gasteiger partial charge in [0.1, 0.15) is 5.75 Å². The van der Waals surface area contributed by atoms with Crippen LogP contribution in [0.3, 0.4) is 0 Å². The van der Waals surface area contributed by atoms with E-state index >= 15 is 0 Å². The molecular weight excluding hydrogens is 384 g/mol. The van der Waals surface area contributed by atoms with Gasteiger partial charge >= 0.3 is 5.97 Å². The maximum Gasteiger partial charge on any atom is 0.335 e. The van der Waals surface area contributed by atoms with Gasteiger partial charge in [0.05, 0.1) is 5.56 Å². The van der Waals surface area contributed by atoms with Crippen LogP contribution in [-0.2, 0) is 5.75 Å². The quantitative estimate of drug-likeness (QED) is 0.498. The van der Waals surface area contributed by atoms with Crippen LogP contribution in [0.5, 0.6) is 5.75 Å². The van der Waals surface area contributed by atoms with E-state index in [4.69, 9.17) is 0 Å². The highest BCUT2D eigenvalue weighted by molar-refractivity contribution is 7.98. The zero-order valence-corrected chi connectivity index (χ0v) is 16.9. The number of nitrogens with zero attached hydrogens (tertiary/aromatic N) is 1. The number of fused-ring (bicyclic) bond motifs is 1. The number of aromatic amines is 1. The molecule has 0 atom stereocenters. The fraction of sp³-hybridized carbons (Fsp3) is 0.261. The van der Waals surface area contributed by atoms with Crippen molar-refractivity contribution in [3.05, 3.63) is 71.4 Å². The van der Waals surface area contributed by atoms with Crippen molar-refractivity contribution in [1.82, 2.24) is 9.88 Å². The summed E-state index contributed by atoms with van der Waals surface area (Å²) in [6, 6.07) is 12.7. The van der Waals surface area contributed by atoms with E-state index in [1.54, 1.807) is 18.2 Å². The molecule has 0 amide bonds. The first-order valence-corrected chi connectivity index (χ1v) is 10.9. The lowest BCUT2D eigenvalue weighted by Gasteiger charge is -2.26. The third kappa shape index (κ3) is 4.66. The van der Waals surface area contributed by atoms with E-state index in [0.717, 1.165) is 59.6 Å². The van der Waals surface area contributed by atoms with Crippen molar-refractivity contribution in [2.45, 2.75) is 12.2 Å². The van der Waals surface area contributed by atoms with Crippen molar-refractivity contribution in [1.29, 1.82) is 0 Å². The van der Waals surface area contributed by atoms with Crippen LogP contribution in [0.25, 0.3) is 16.5 Å². The zero-order valence-electron chi connectivity index (χ0n) is 16.1. The number of rotatable bonds is 7. The van der Waals surface area contributed by atoms with Crippen LogP contribution in [0.15, 0.2) is 54.7 Å². The van der Waals surface area contributed by atoms with E-state index in [0.29, 0.717) is 11.3 Å². The van der Waals surface area contributed by atoms with Crippen molar-refractivity contribution >= 4 is 34.2 Å². The Bertz CT molecular complexity index is 1060. The second kappa shape index (κ2) is 8.76. The van der Waals surface area contributed by atoms with Gasteiger partial charge in [0.25, 0.3) is 0 Å². The van der Waals surface area contributed by atoms with Gasteiger partial charge in [-0.05, 0) is 53.5 Å². The summed E-state index contributed by atoms with van der Waals surface area (Å²) < 4.78 is 0. The van der Waals surface area contributed by atoms with E-state index in [1.165, 1.54) is 5.57 Å². The highest BCUT2D eigenvalue weighted by atomic mass is 32.2. The van der Waals surface area contributed by atoms with Crippen molar-refractivity contribution in [2.75, 3.05) is 25.4 Å². The van der Waals surface area contributed by atoms with E-state index in [-0.39, 0.29) is 0 Å². The normalized spacial score (nSPS) is 14.8. The molecule has 150 valence electrons. The highest BCUT2D eigenvalue weighted by Gasteiger charge is 2.13. The summed E-state index contributed by atoms with van der Waals surface area (Å²) in [4.78, 5) is 16.9. The summed E-state index contributed by atoms with van der Waals surface area (Å²) >= 11 is 1.87. The standard InChI is InChI=1S/C23H24N2O3S/c26-20-3-1-2-17(12-20)16-6-8-25(9-7-16)10-11-29-15-19-14-24-22-5-4-18(23(27)28)13-21(19)22/h1-6,12-14,24,26H,7-11,15H2,(H,27,28). The Morgan fingerprint density at radius 2 is 2.10 bits per heavy atom. The first-order valence-electron chi connectivity index (χ1n) is 9.72. The Morgan fingerprint density at radius 1 is 1.21 bits per heavy atom. The monoisotopic (exact) mass is 408 g/mol. The summed E-state index contributed by atoms with van der Waals surface area (Å²) in [5.41, 5.74) is 4.87. The molecule has 1 aliphatic heterocycles. The van der Waals surface area contributed by atoms with Gasteiger partial charge in [-0.3, -0.25) is 4.90 Å². The Morgan fingerprint density at radius 3 is 2.86 bits per heavy atom. The molecule has 2 heterocycles. The van der Waals surface area contributed by atoms with Gasteiger partial charge in [-0.15, -0.1) is 0 Å². The van der Waals surface area contributed by atoms with E-state index in [2.05, 4.69) is 16.0 Å². The van der Waals surface area contributed by atoms with Gasteiger partial charge in [-0.2, -0.15) is 11.8 Å². The lowest BCUT2D eigenvalue weighted by molar-refractivity contribution is 0.0697. The molecule has 5 nitrogen and oxygen atoms in total. The van der Waals surface area contributed by atoms with Crippen LogP contribution in [0, 0.1) is 0 Å². The predicted octanol–water partition coefficient (Wildman–Crippen LogP) is 4.59. The molecule has 29 heavy (non-hydrogen) atoms. The van der Waals surface area contributed by atoms with Crippen molar-refractivity contribution < 1.29 is 15.0 Å². The molecule has 0 spiro atoms. The van der Waals surface area contributed by atoms with Gasteiger partial charge < -0.3 is 15.2 Å². The third-order valence-electron chi connectivity index (χ3n) is 5.33. The minimum Gasteiger partial charge on any atom is -0.508 e. The number of carbonyl (C=O) groups is 1. The molecule has 0 saturated heterocycles. The average molecular weight is 409 g/mol. The van der Waals surface area contributed by atoms with Crippen LogP contribution in [0.4, 0.5) is 0 Å². The van der Waals surface area contributed by atoms with Crippen LogP contribution < -0.4 is 0 Å². The molecule has 3 N–H and O–H groups in total. The Kier molecular flexibility index (Phi) is 5.92. The predicted molar refractivity (Wildman–Crippen MR) is 119 cm³/mol. The zero-order chi connectivity index (χ0) is 20.2. The fourth-order valence-corrected chi connectivity index (χ4v) is 4.68. The summed E-state index contributed by atoms with van der Waals surface area (Å²) in [6.07, 6.45) is 5.24. The third-order valence-corrected chi connectivity index (χ3v) is 6.32. The van der Waals surface area contributed by atoms with Gasteiger partial charge in [-0.1, -0.05) is 18.2 Å². The topological polar surface area (TPSA) is 76.6 Å². The first kappa shape index (κ1) is 19.6. The molecule has 0 fully saturated rings. The number of aromatic carboxylic acids is 1. The number of phenolic OH excluding ortho intramolecular Hbond substituents is 1. The molecule has 6 heteroatoms. The van der Waals surface area contributed by atoms with Crippen LogP contribution in [-0.4, -0.2) is 51.5 Å². The van der Waals surface area contributed by atoms with Gasteiger partial charge in [-0.25, -0.2) is 4.79 Å². The number of hydrogen-bond acceptors (Lipinski definition) is 4. The SMILES string of the molecule is O=C(O)c1ccc2[nH]cc(CSCCN3CC=C(c4cccc(O)c4)CC3)c2c1. The lowest BCUT2D eigenvalue weighted by atomic mass is 9.99. The van der Waals surface area contributed by atoms with Crippen LogP contribution in [0.1, 0.15) is 27.9 Å². The number of carboxylic acids is 1. The van der Waals surface area contributed by atoms with E-state index < -0.39 is 5.97 Å². The van der Waals surface area contributed by atoms with E-state index in [1.807, 2.05) is 42.2 Å². The molecular formula is C23H24N2O3S. The molecule has 3 aromatic rings. The van der Waals surface area contributed by atoms with Gasteiger partial charge in [0.2, 0.25) is 0 Å². The maximum absolute atomic E-state index is 11.2. The number of aromatic hydroxyl groups is 1. The molecule has 0 bridgehead atoms. The summed E-state index contributed by atoms with van der Waals surface area (Å²) in [5, 5.41) is 19.8. The van der Waals surface area contributed by atoms with Crippen LogP contribution >= 0.6 is 11.8 Å². The van der Waals surface area contributed by atoms with Crippen molar-refractivity contribution in [3.63, 3.8) is 0 Å². The fourth-order valence-electron chi connectivity index (χ4n) is 3.69. The number of hydrogen-bond donors (Lipinski definition) is 3. The number of thioether (sulfide) groups is 1. The molecule has 4 rings (SSSR count). The Balaban J connectivity index is 1.28. The molecule has 0 saturated carbocycles. The van der Waals surface area contributed by atoms with Crippen molar-refractivity contribution in [3.8, 4) is 5.75 Å². The molecule has 2 aromatic carbocycles. The number of benzene rings is 2. The molecule has 0 radical (unpaired) electrons. The van der Waals surface area contributed by atoms with Gasteiger partial charge in [0.15, 0.2) is 0 Å². The largest absolute Gasteiger partial charge is 0.508 e. The smallest absolute Gasteiger partial charge is 0.335 e. The summed E-state index contributed by atoms with van der Waals surface area (Å²) in [6.45, 7) is 2.98. The molecule has 0 aliphatic carbocycles. The minimum absolute atomic E-state index is 0.315. The number of H-pyrrole nitrogens is 1. The molecule has 1 aliphatic rings. The highest BCUT2D eigenvalue weighted by Crippen LogP contribution is 2.26. The van der Waals surface area contributed by atoms with E-state index in [9.17, 15) is 15.0 Å². The lowest BCUT2D eigenvalue weighted by Crippen LogP contribution is -2.30. The van der Waals surface area contributed by atoms with Crippen molar-refractivity contribution in [2.24, 2.45) is 0 Å². The van der Waals surface area contributed by atoms with Crippen LogP contribution in [0.2, 0.25) is 0 Å². The minimum atomic E-state index is -0.894. The Hall–Kier alpha value is -2.70. The van der Waals surface area contributed by atoms with Gasteiger partial charge in [0, 0.05) is 48.2 Å². The number of aromatic nitrogens is 1.